The number of ether oxygens (including phenoxy) is 9. The lowest BCUT2D eigenvalue weighted by molar-refractivity contribution is -0.160. The molecule has 0 bridgehead atoms. The quantitative estimate of drug-likeness (QED) is 0.123. The highest BCUT2D eigenvalue weighted by Gasteiger charge is 2.15. The number of hydrogen-bond acceptors (Lipinski definition) is 11. The van der Waals surface area contributed by atoms with Crippen LogP contribution in [0.25, 0.3) is 0 Å². The summed E-state index contributed by atoms with van der Waals surface area (Å²) in [6.07, 6.45) is 0. The molecule has 0 atom stereocenters. The second-order valence-corrected chi connectivity index (χ2v) is 8.73. The minimum atomic E-state index is -0.502. The summed E-state index contributed by atoms with van der Waals surface area (Å²) in [5.74, 6) is -0.381. The maximum Gasteiger partial charge on any atom is 0.332 e. The van der Waals surface area contributed by atoms with Crippen LogP contribution in [-0.4, -0.2) is 143 Å². The van der Waals surface area contributed by atoms with Crippen LogP contribution in [0, 0.1) is 0 Å². The molecule has 0 saturated heterocycles. The Bertz CT molecular complexity index is 460. The van der Waals surface area contributed by atoms with Gasteiger partial charge in [-0.05, 0) is 34.9 Å². The SMILES string of the molecule is CN(C)CCOCCOCCOCCOCCOCCOCCOCCOCC(=O)OC(C)(C)C. The minimum absolute atomic E-state index is 0.0752. The van der Waals surface area contributed by atoms with Crippen LogP contribution in [0.3, 0.4) is 0 Å². The number of nitrogens with zero attached hydrogens (tertiary/aromatic N) is 1. The molecule has 0 heterocycles. The summed E-state index contributed by atoms with van der Waals surface area (Å²) >= 11 is 0. The van der Waals surface area contributed by atoms with E-state index in [0.717, 1.165) is 6.54 Å². The maximum atomic E-state index is 11.5. The van der Waals surface area contributed by atoms with E-state index in [0.29, 0.717) is 99.1 Å². The first-order valence-corrected chi connectivity index (χ1v) is 12.3. The number of likely N-dealkylation sites (N-methyl/N-ethyl adjacent to an activating group) is 1. The third-order valence-corrected chi connectivity index (χ3v) is 3.93. The van der Waals surface area contributed by atoms with Crippen LogP contribution in [-0.2, 0) is 47.4 Å². The van der Waals surface area contributed by atoms with E-state index < -0.39 is 5.60 Å². The van der Waals surface area contributed by atoms with E-state index in [1.54, 1.807) is 0 Å². The second kappa shape index (κ2) is 24.8. The third kappa shape index (κ3) is 31.1. The van der Waals surface area contributed by atoms with Crippen molar-refractivity contribution < 1.29 is 47.4 Å². The van der Waals surface area contributed by atoms with Gasteiger partial charge in [-0.1, -0.05) is 0 Å². The van der Waals surface area contributed by atoms with Gasteiger partial charge >= 0.3 is 5.97 Å². The molecule has 0 N–H and O–H groups in total. The molecule has 0 unspecified atom stereocenters. The highest BCUT2D eigenvalue weighted by Crippen LogP contribution is 2.06. The van der Waals surface area contributed by atoms with Gasteiger partial charge in [0.15, 0.2) is 0 Å². The normalized spacial score (nSPS) is 11.9. The predicted molar refractivity (Wildman–Crippen MR) is 131 cm³/mol. The van der Waals surface area contributed by atoms with Crippen LogP contribution in [0.1, 0.15) is 20.8 Å². The van der Waals surface area contributed by atoms with Crippen LogP contribution in [0.5, 0.6) is 0 Å². The predicted octanol–water partition coefficient (Wildman–Crippen LogP) is 1.02. The van der Waals surface area contributed by atoms with Crippen LogP contribution >= 0.6 is 0 Å². The van der Waals surface area contributed by atoms with Gasteiger partial charge in [0.1, 0.15) is 12.2 Å². The van der Waals surface area contributed by atoms with Crippen LogP contribution in [0.4, 0.5) is 0 Å². The molecule has 0 saturated carbocycles. The third-order valence-electron chi connectivity index (χ3n) is 3.93. The lowest BCUT2D eigenvalue weighted by Gasteiger charge is -2.19. The summed E-state index contributed by atoms with van der Waals surface area (Å²) in [6.45, 7) is 14.0. The Morgan fingerprint density at radius 3 is 1.09 bits per heavy atom. The lowest BCUT2D eigenvalue weighted by Crippen LogP contribution is -2.27. The molecule has 0 aromatic carbocycles. The summed E-state index contributed by atoms with van der Waals surface area (Å²) in [6, 6.07) is 0. The van der Waals surface area contributed by atoms with Crippen molar-refractivity contribution in [1.82, 2.24) is 4.90 Å². The first-order chi connectivity index (χ1) is 16.8. The number of carbonyl (C=O) groups is 1. The molecule has 35 heavy (non-hydrogen) atoms. The van der Waals surface area contributed by atoms with Crippen LogP contribution < -0.4 is 0 Å². The molecule has 0 aliphatic rings. The molecule has 0 rings (SSSR count). The number of esters is 1. The van der Waals surface area contributed by atoms with Gasteiger partial charge in [-0.15, -0.1) is 0 Å². The summed E-state index contributed by atoms with van der Waals surface area (Å²) in [5, 5.41) is 0. The summed E-state index contributed by atoms with van der Waals surface area (Å²) in [4.78, 5) is 13.5. The Labute approximate surface area is 211 Å². The number of hydrogen-bond donors (Lipinski definition) is 0. The zero-order valence-electron chi connectivity index (χ0n) is 22.6. The molecular formula is C24H49NO10. The number of rotatable bonds is 26. The van der Waals surface area contributed by atoms with Gasteiger partial charge in [-0.3, -0.25) is 0 Å². The van der Waals surface area contributed by atoms with Gasteiger partial charge < -0.3 is 47.5 Å². The molecule has 0 radical (unpaired) electrons. The van der Waals surface area contributed by atoms with E-state index >= 15 is 0 Å². The Balaban J connectivity index is 3.11. The molecule has 0 amide bonds. The van der Waals surface area contributed by atoms with Crippen molar-refractivity contribution in [2.75, 3.05) is 126 Å². The zero-order chi connectivity index (χ0) is 26.0. The van der Waals surface area contributed by atoms with Gasteiger partial charge in [0.2, 0.25) is 0 Å². The molecule has 210 valence electrons. The zero-order valence-corrected chi connectivity index (χ0v) is 22.6. The smallest absolute Gasteiger partial charge is 0.332 e. The van der Waals surface area contributed by atoms with E-state index in [4.69, 9.17) is 42.6 Å². The van der Waals surface area contributed by atoms with Crippen molar-refractivity contribution in [1.29, 1.82) is 0 Å². The minimum Gasteiger partial charge on any atom is -0.458 e. The lowest BCUT2D eigenvalue weighted by atomic mass is 10.2. The van der Waals surface area contributed by atoms with Crippen molar-refractivity contribution in [3.63, 3.8) is 0 Å². The average molecular weight is 512 g/mol. The average Bonchev–Trinajstić information content (AvgIpc) is 2.77. The van der Waals surface area contributed by atoms with Crippen molar-refractivity contribution in [2.45, 2.75) is 26.4 Å². The van der Waals surface area contributed by atoms with E-state index in [1.807, 2.05) is 34.9 Å². The molecule has 11 heteroatoms. The summed E-state index contributed by atoms with van der Waals surface area (Å²) < 4.78 is 48.3. The van der Waals surface area contributed by atoms with Gasteiger partial charge in [-0.2, -0.15) is 0 Å². The summed E-state index contributed by atoms with van der Waals surface area (Å²) in [7, 11) is 4.03. The van der Waals surface area contributed by atoms with Gasteiger partial charge in [0.25, 0.3) is 0 Å². The van der Waals surface area contributed by atoms with Crippen molar-refractivity contribution >= 4 is 5.97 Å². The molecular weight excluding hydrogens is 462 g/mol. The molecule has 11 nitrogen and oxygen atoms in total. The molecule has 0 aromatic rings. The van der Waals surface area contributed by atoms with Gasteiger partial charge in [0, 0.05) is 6.54 Å². The fraction of sp³-hybridized carbons (Fsp3) is 0.958. The van der Waals surface area contributed by atoms with Crippen molar-refractivity contribution in [3.05, 3.63) is 0 Å². The molecule has 0 aliphatic heterocycles. The highest BCUT2D eigenvalue weighted by atomic mass is 16.6. The van der Waals surface area contributed by atoms with Crippen molar-refractivity contribution in [2.24, 2.45) is 0 Å². The maximum absolute atomic E-state index is 11.5. The van der Waals surface area contributed by atoms with Gasteiger partial charge in [-0.25, -0.2) is 4.79 Å². The topological polar surface area (TPSA) is 103 Å². The Morgan fingerprint density at radius 1 is 0.514 bits per heavy atom. The standard InChI is InChI=1S/C24H49NO10/c1-24(2,3)35-23(26)22-34-21-20-33-19-18-32-17-16-31-15-14-30-13-12-29-11-10-28-9-8-27-7-6-25(4)5/h6-22H2,1-5H3. The Morgan fingerprint density at radius 2 is 0.800 bits per heavy atom. The highest BCUT2D eigenvalue weighted by molar-refractivity contribution is 5.71. The molecule has 0 aliphatic carbocycles. The van der Waals surface area contributed by atoms with Crippen LogP contribution in [0.2, 0.25) is 0 Å². The van der Waals surface area contributed by atoms with E-state index in [1.165, 1.54) is 0 Å². The van der Waals surface area contributed by atoms with Gasteiger partial charge in [0.05, 0.1) is 99.1 Å². The molecule has 0 aromatic heterocycles. The Hall–Kier alpha value is -0.890. The van der Waals surface area contributed by atoms with E-state index in [9.17, 15) is 4.79 Å². The second-order valence-electron chi connectivity index (χ2n) is 8.73. The first-order valence-electron chi connectivity index (χ1n) is 12.3. The first kappa shape index (κ1) is 34.1. The van der Waals surface area contributed by atoms with E-state index in [2.05, 4.69) is 4.90 Å². The Kier molecular flexibility index (Phi) is 24.2. The number of carbonyl (C=O) groups excluding carboxylic acids is 1. The summed E-state index contributed by atoms with van der Waals surface area (Å²) in [5.41, 5.74) is -0.502. The molecule has 0 fully saturated rings. The fourth-order valence-corrected chi connectivity index (χ4v) is 2.31. The van der Waals surface area contributed by atoms with E-state index in [-0.39, 0.29) is 12.6 Å². The largest absolute Gasteiger partial charge is 0.458 e. The fourth-order valence-electron chi connectivity index (χ4n) is 2.31. The molecule has 0 spiro atoms. The van der Waals surface area contributed by atoms with Crippen molar-refractivity contribution in [3.8, 4) is 0 Å². The monoisotopic (exact) mass is 511 g/mol. The van der Waals surface area contributed by atoms with Crippen LogP contribution in [0.15, 0.2) is 0 Å².